The molecule has 0 unspecified atom stereocenters. The summed E-state index contributed by atoms with van der Waals surface area (Å²) < 4.78 is 16.4. The van der Waals surface area contributed by atoms with Crippen molar-refractivity contribution in [2.75, 3.05) is 13.7 Å². The summed E-state index contributed by atoms with van der Waals surface area (Å²) in [6.45, 7) is 1.85. The number of rotatable bonds is 5. The van der Waals surface area contributed by atoms with Crippen molar-refractivity contribution in [1.82, 2.24) is 14.9 Å². The first kappa shape index (κ1) is 17.7. The molecule has 134 valence electrons. The number of nitrogens with zero attached hydrogens (tertiary/aromatic N) is 3. The third kappa shape index (κ3) is 3.18. The fourth-order valence-corrected chi connectivity index (χ4v) is 2.59. The Hall–Kier alpha value is -3.13. The Bertz CT molecular complexity index is 963. The summed E-state index contributed by atoms with van der Waals surface area (Å²) in [7, 11) is 1.24. The van der Waals surface area contributed by atoms with Gasteiger partial charge in [0.05, 0.1) is 37.4 Å². The van der Waals surface area contributed by atoms with Crippen LogP contribution in [-0.4, -0.2) is 40.6 Å². The summed E-state index contributed by atoms with van der Waals surface area (Å²) in [5, 5.41) is 8.33. The van der Waals surface area contributed by atoms with Gasteiger partial charge in [0.25, 0.3) is 0 Å². The molecule has 3 rings (SSSR count). The van der Waals surface area contributed by atoms with Crippen LogP contribution in [0.5, 0.6) is 0 Å². The topological polar surface area (TPSA) is 96.5 Å². The maximum absolute atomic E-state index is 12.6. The zero-order chi connectivity index (χ0) is 18.7. The highest BCUT2D eigenvalue weighted by Crippen LogP contribution is 2.30. The van der Waals surface area contributed by atoms with Crippen LogP contribution in [-0.2, 0) is 9.47 Å². The van der Waals surface area contributed by atoms with Gasteiger partial charge in [-0.1, -0.05) is 22.8 Å². The van der Waals surface area contributed by atoms with Crippen molar-refractivity contribution >= 4 is 23.5 Å². The Morgan fingerprint density at radius 3 is 2.77 bits per heavy atom. The van der Waals surface area contributed by atoms with Crippen LogP contribution in [0.2, 0.25) is 5.02 Å². The van der Waals surface area contributed by atoms with Crippen LogP contribution in [0.3, 0.4) is 0 Å². The van der Waals surface area contributed by atoms with Gasteiger partial charge in [-0.2, -0.15) is 5.10 Å². The maximum Gasteiger partial charge on any atom is 0.357 e. The number of carbonyl (C=O) groups is 2. The van der Waals surface area contributed by atoms with E-state index in [4.69, 9.17) is 25.6 Å². The third-order valence-corrected chi connectivity index (χ3v) is 3.75. The first-order valence-electron chi connectivity index (χ1n) is 7.61. The molecule has 3 aromatic rings. The first-order valence-corrected chi connectivity index (χ1v) is 7.99. The molecule has 2 aromatic heterocycles. The van der Waals surface area contributed by atoms with Crippen molar-refractivity contribution < 1.29 is 23.6 Å². The average molecular weight is 376 g/mol. The number of aromatic nitrogens is 3. The lowest BCUT2D eigenvalue weighted by Gasteiger charge is -2.09. The second-order valence-electron chi connectivity index (χ2n) is 5.08. The molecule has 0 aliphatic rings. The normalized spacial score (nSPS) is 10.6. The van der Waals surface area contributed by atoms with Crippen LogP contribution < -0.4 is 0 Å². The molecule has 1 aromatic carbocycles. The second-order valence-corrected chi connectivity index (χ2v) is 5.52. The standard InChI is InChI=1S/C17H14ClN3O5/c1-3-25-17(23)14-12(15-13(9-20-26-15)16(22)24-2)8-19-21(14)11-6-4-5-10(18)7-11/h4-9H,3H2,1-2H3. The molecule has 0 aliphatic heterocycles. The van der Waals surface area contributed by atoms with Crippen LogP contribution in [0.1, 0.15) is 27.8 Å². The molecule has 0 radical (unpaired) electrons. The maximum atomic E-state index is 12.6. The largest absolute Gasteiger partial charge is 0.465 e. The van der Waals surface area contributed by atoms with Crippen LogP contribution in [0.25, 0.3) is 17.0 Å². The van der Waals surface area contributed by atoms with Crippen LogP contribution in [0.4, 0.5) is 0 Å². The Labute approximate surface area is 153 Å². The molecular formula is C17H14ClN3O5. The molecule has 0 saturated heterocycles. The van der Waals surface area contributed by atoms with E-state index in [1.54, 1.807) is 31.2 Å². The van der Waals surface area contributed by atoms with Crippen molar-refractivity contribution in [1.29, 1.82) is 0 Å². The Morgan fingerprint density at radius 1 is 1.27 bits per heavy atom. The van der Waals surface area contributed by atoms with Gasteiger partial charge in [-0.25, -0.2) is 14.3 Å². The summed E-state index contributed by atoms with van der Waals surface area (Å²) in [5.74, 6) is -1.22. The van der Waals surface area contributed by atoms with Crippen molar-refractivity contribution in [3.8, 4) is 17.0 Å². The van der Waals surface area contributed by atoms with Crippen molar-refractivity contribution in [3.05, 3.63) is 52.9 Å². The highest BCUT2D eigenvalue weighted by Gasteiger charge is 2.28. The van der Waals surface area contributed by atoms with Gasteiger partial charge in [0.1, 0.15) is 5.56 Å². The molecule has 9 heteroatoms. The molecule has 26 heavy (non-hydrogen) atoms. The molecule has 2 heterocycles. The Balaban J connectivity index is 2.20. The van der Waals surface area contributed by atoms with E-state index in [2.05, 4.69) is 10.3 Å². The predicted octanol–water partition coefficient (Wildman–Crippen LogP) is 3.14. The third-order valence-electron chi connectivity index (χ3n) is 3.51. The predicted molar refractivity (Wildman–Crippen MR) is 91.4 cm³/mol. The van der Waals surface area contributed by atoms with Crippen LogP contribution in [0, 0.1) is 0 Å². The van der Waals surface area contributed by atoms with E-state index < -0.39 is 11.9 Å². The minimum absolute atomic E-state index is 0.0631. The highest BCUT2D eigenvalue weighted by atomic mass is 35.5. The lowest BCUT2D eigenvalue weighted by molar-refractivity contribution is 0.0514. The molecule has 0 aliphatic carbocycles. The van der Waals surface area contributed by atoms with Gasteiger partial charge >= 0.3 is 11.9 Å². The van der Waals surface area contributed by atoms with Gasteiger partial charge < -0.3 is 14.0 Å². The summed E-state index contributed by atoms with van der Waals surface area (Å²) in [6.07, 6.45) is 2.60. The molecule has 0 saturated carbocycles. The highest BCUT2D eigenvalue weighted by molar-refractivity contribution is 6.30. The van der Waals surface area contributed by atoms with Gasteiger partial charge in [-0.15, -0.1) is 0 Å². The van der Waals surface area contributed by atoms with Crippen LogP contribution in [0.15, 0.2) is 41.2 Å². The van der Waals surface area contributed by atoms with Gasteiger partial charge in [0, 0.05) is 5.02 Å². The minimum Gasteiger partial charge on any atom is -0.465 e. The van der Waals surface area contributed by atoms with Gasteiger partial charge in [0.2, 0.25) is 0 Å². The number of hydrogen-bond donors (Lipinski definition) is 0. The second kappa shape index (κ2) is 7.40. The summed E-state index contributed by atoms with van der Waals surface area (Å²) in [4.78, 5) is 24.5. The smallest absolute Gasteiger partial charge is 0.357 e. The van der Waals surface area contributed by atoms with E-state index in [0.717, 1.165) is 0 Å². The number of methoxy groups -OCH3 is 1. The summed E-state index contributed by atoms with van der Waals surface area (Å²) in [5.41, 5.74) is 0.951. The van der Waals surface area contributed by atoms with E-state index in [1.165, 1.54) is 24.2 Å². The fourth-order valence-electron chi connectivity index (χ4n) is 2.40. The fraction of sp³-hybridized carbons (Fsp3) is 0.176. The molecule has 0 fully saturated rings. The molecule has 0 N–H and O–H groups in total. The van der Waals surface area contributed by atoms with Crippen LogP contribution >= 0.6 is 11.6 Å². The first-order chi connectivity index (χ1) is 12.6. The lowest BCUT2D eigenvalue weighted by atomic mass is 10.1. The monoisotopic (exact) mass is 375 g/mol. The van der Waals surface area contributed by atoms with Crippen molar-refractivity contribution in [2.24, 2.45) is 0 Å². The molecular weight excluding hydrogens is 362 g/mol. The molecule has 0 spiro atoms. The number of esters is 2. The number of benzene rings is 1. The number of hydrogen-bond acceptors (Lipinski definition) is 7. The molecule has 0 bridgehead atoms. The lowest BCUT2D eigenvalue weighted by Crippen LogP contribution is -2.13. The molecule has 8 nitrogen and oxygen atoms in total. The molecule has 0 atom stereocenters. The number of carbonyl (C=O) groups excluding carboxylic acids is 2. The average Bonchev–Trinajstić information content (AvgIpc) is 3.27. The van der Waals surface area contributed by atoms with E-state index in [0.29, 0.717) is 10.7 Å². The Morgan fingerprint density at radius 2 is 2.08 bits per heavy atom. The quantitative estimate of drug-likeness (QED) is 0.632. The zero-order valence-electron chi connectivity index (χ0n) is 13.9. The molecule has 0 amide bonds. The van der Waals surface area contributed by atoms with Gasteiger partial charge in [-0.05, 0) is 25.1 Å². The number of ether oxygens (including phenoxy) is 2. The van der Waals surface area contributed by atoms with Crippen molar-refractivity contribution in [3.63, 3.8) is 0 Å². The summed E-state index contributed by atoms with van der Waals surface area (Å²) >= 11 is 6.03. The van der Waals surface area contributed by atoms with E-state index in [9.17, 15) is 9.59 Å². The van der Waals surface area contributed by atoms with E-state index >= 15 is 0 Å². The zero-order valence-corrected chi connectivity index (χ0v) is 14.7. The number of halogens is 1. The van der Waals surface area contributed by atoms with E-state index in [1.807, 2.05) is 0 Å². The van der Waals surface area contributed by atoms with Gasteiger partial charge in [-0.3, -0.25) is 0 Å². The van der Waals surface area contributed by atoms with Gasteiger partial charge in [0.15, 0.2) is 11.5 Å². The Kier molecular flexibility index (Phi) is 5.04. The van der Waals surface area contributed by atoms with Crippen molar-refractivity contribution in [2.45, 2.75) is 6.92 Å². The SMILES string of the molecule is CCOC(=O)c1c(-c2oncc2C(=O)OC)cnn1-c1cccc(Cl)c1. The summed E-state index contributed by atoms with van der Waals surface area (Å²) in [6, 6.07) is 6.79. The minimum atomic E-state index is -0.647. The van der Waals surface area contributed by atoms with E-state index in [-0.39, 0.29) is 29.2 Å².